The van der Waals surface area contributed by atoms with E-state index < -0.39 is 4.71 Å². The van der Waals surface area contributed by atoms with Crippen LogP contribution >= 0.6 is 23.5 Å². The predicted octanol–water partition coefficient (Wildman–Crippen LogP) is 1.80. The summed E-state index contributed by atoms with van der Waals surface area (Å²) in [5.74, 6) is -0.0773. The van der Waals surface area contributed by atoms with Gasteiger partial charge >= 0.3 is 0 Å². The minimum atomic E-state index is -0.505. The summed E-state index contributed by atoms with van der Waals surface area (Å²) in [5, 5.41) is 0. The molecule has 10 heavy (non-hydrogen) atoms. The number of Topliss-reactive ketones (excluding diaryl/α,β-unsaturated/α-hetero) is 1. The van der Waals surface area contributed by atoms with Crippen LogP contribution in [0.15, 0.2) is 17.1 Å². The van der Waals surface area contributed by atoms with Crippen LogP contribution in [0.1, 0.15) is 6.42 Å². The number of ketones is 1. The van der Waals surface area contributed by atoms with E-state index in [4.69, 9.17) is 11.6 Å². The zero-order chi connectivity index (χ0) is 7.56. The van der Waals surface area contributed by atoms with Gasteiger partial charge in [0.15, 0.2) is 4.71 Å². The smallest absolute Gasteiger partial charge is 0.207 e. The molecule has 1 unspecified atom stereocenters. The second kappa shape index (κ2) is 3.21. The van der Waals surface area contributed by atoms with Gasteiger partial charge in [-0.25, -0.2) is 4.40 Å². The molecule has 0 N–H and O–H groups in total. The number of hydrogen-bond donors (Lipinski definition) is 0. The molecule has 0 amide bonds. The van der Waals surface area contributed by atoms with Crippen molar-refractivity contribution in [3.8, 4) is 0 Å². The van der Waals surface area contributed by atoms with Crippen LogP contribution < -0.4 is 0 Å². The second-order valence-electron chi connectivity index (χ2n) is 1.82. The fourth-order valence-electron chi connectivity index (χ4n) is 0.608. The van der Waals surface area contributed by atoms with Gasteiger partial charge in [-0.1, -0.05) is 6.08 Å². The molecular formula is C6H6ClNOS. The van der Waals surface area contributed by atoms with E-state index in [9.17, 15) is 4.79 Å². The third kappa shape index (κ3) is 1.41. The van der Waals surface area contributed by atoms with Crippen molar-refractivity contribution in [3.05, 3.63) is 12.7 Å². The molecule has 1 heterocycles. The van der Waals surface area contributed by atoms with Crippen LogP contribution in [-0.2, 0) is 4.79 Å². The lowest BCUT2D eigenvalue weighted by Gasteiger charge is -1.91. The van der Waals surface area contributed by atoms with Crippen LogP contribution in [0.5, 0.6) is 0 Å². The Hall–Kier alpha value is -0.280. The van der Waals surface area contributed by atoms with Gasteiger partial charge in [0.2, 0.25) is 5.78 Å². The van der Waals surface area contributed by atoms with Gasteiger partial charge < -0.3 is 0 Å². The molecule has 0 aliphatic carbocycles. The van der Waals surface area contributed by atoms with Crippen molar-refractivity contribution in [2.24, 2.45) is 4.40 Å². The molecule has 1 atom stereocenters. The van der Waals surface area contributed by atoms with Gasteiger partial charge in [-0.2, -0.15) is 0 Å². The van der Waals surface area contributed by atoms with Crippen LogP contribution in [-0.4, -0.2) is 16.2 Å². The Kier molecular flexibility index (Phi) is 2.51. The minimum absolute atomic E-state index is 0.0773. The first-order chi connectivity index (χ1) is 4.75. The molecule has 1 aliphatic rings. The van der Waals surface area contributed by atoms with E-state index in [1.165, 1.54) is 0 Å². The van der Waals surface area contributed by atoms with E-state index in [2.05, 4.69) is 11.0 Å². The summed E-state index contributed by atoms with van der Waals surface area (Å²) in [6.45, 7) is 3.50. The molecule has 0 radical (unpaired) electrons. The van der Waals surface area contributed by atoms with Gasteiger partial charge in [0, 0.05) is 18.4 Å². The molecule has 0 aromatic heterocycles. The highest BCUT2D eigenvalue weighted by Gasteiger charge is 2.26. The SMILES string of the molecule is C=CCC1=NSC(Cl)C1=O. The first-order valence-corrected chi connectivity index (χ1v) is 4.05. The van der Waals surface area contributed by atoms with Crippen molar-refractivity contribution in [2.75, 3.05) is 0 Å². The number of rotatable bonds is 2. The Labute approximate surface area is 68.5 Å². The summed E-state index contributed by atoms with van der Waals surface area (Å²) in [4.78, 5) is 11.0. The van der Waals surface area contributed by atoms with E-state index in [1.807, 2.05) is 0 Å². The normalized spacial score (nSPS) is 24.7. The highest BCUT2D eigenvalue weighted by Crippen LogP contribution is 2.25. The van der Waals surface area contributed by atoms with Crippen LogP contribution in [0.25, 0.3) is 0 Å². The lowest BCUT2D eigenvalue weighted by molar-refractivity contribution is -0.111. The maximum atomic E-state index is 11.0. The molecule has 54 valence electrons. The summed E-state index contributed by atoms with van der Waals surface area (Å²) in [6, 6.07) is 0. The van der Waals surface area contributed by atoms with E-state index >= 15 is 0 Å². The molecule has 1 rings (SSSR count). The molecule has 0 fully saturated rings. The molecule has 1 aliphatic heterocycles. The first kappa shape index (κ1) is 7.82. The first-order valence-electron chi connectivity index (χ1n) is 2.77. The van der Waals surface area contributed by atoms with Gasteiger partial charge in [-0.05, 0) is 0 Å². The lowest BCUT2D eigenvalue weighted by atomic mass is 10.2. The Morgan fingerprint density at radius 2 is 2.60 bits per heavy atom. The highest BCUT2D eigenvalue weighted by atomic mass is 35.5. The Morgan fingerprint density at radius 3 is 3.00 bits per heavy atom. The summed E-state index contributed by atoms with van der Waals surface area (Å²) in [7, 11) is 0. The Morgan fingerprint density at radius 1 is 1.90 bits per heavy atom. The lowest BCUT2D eigenvalue weighted by Crippen LogP contribution is -2.14. The zero-order valence-electron chi connectivity index (χ0n) is 5.21. The monoisotopic (exact) mass is 175 g/mol. The molecule has 0 saturated heterocycles. The maximum Gasteiger partial charge on any atom is 0.207 e. The number of carbonyl (C=O) groups is 1. The fourth-order valence-corrected chi connectivity index (χ4v) is 1.47. The summed E-state index contributed by atoms with van der Waals surface area (Å²) in [6.07, 6.45) is 2.17. The van der Waals surface area contributed by atoms with E-state index in [1.54, 1.807) is 6.08 Å². The topological polar surface area (TPSA) is 29.4 Å². The zero-order valence-corrected chi connectivity index (χ0v) is 6.78. The number of carbonyl (C=O) groups excluding carboxylic acids is 1. The van der Waals surface area contributed by atoms with Gasteiger partial charge in [0.1, 0.15) is 0 Å². The van der Waals surface area contributed by atoms with Gasteiger partial charge in [0.05, 0.1) is 5.71 Å². The number of nitrogens with zero attached hydrogens (tertiary/aromatic N) is 1. The van der Waals surface area contributed by atoms with E-state index in [0.717, 1.165) is 11.9 Å². The average molecular weight is 176 g/mol. The molecule has 0 aromatic carbocycles. The predicted molar refractivity (Wildman–Crippen MR) is 44.5 cm³/mol. The van der Waals surface area contributed by atoms with Crippen molar-refractivity contribution in [2.45, 2.75) is 11.1 Å². The molecular weight excluding hydrogens is 170 g/mol. The second-order valence-corrected chi connectivity index (χ2v) is 3.38. The fraction of sp³-hybridized carbons (Fsp3) is 0.333. The van der Waals surface area contributed by atoms with Gasteiger partial charge in [0.25, 0.3) is 0 Å². The summed E-state index contributed by atoms with van der Waals surface area (Å²) >= 11 is 6.67. The number of hydrogen-bond acceptors (Lipinski definition) is 3. The molecule has 0 aromatic rings. The van der Waals surface area contributed by atoms with Crippen molar-refractivity contribution >= 4 is 35.0 Å². The average Bonchev–Trinajstić information content (AvgIpc) is 2.20. The van der Waals surface area contributed by atoms with Crippen molar-refractivity contribution in [1.82, 2.24) is 0 Å². The number of allylic oxidation sites excluding steroid dienone is 1. The van der Waals surface area contributed by atoms with Crippen LogP contribution in [0.3, 0.4) is 0 Å². The molecule has 2 nitrogen and oxygen atoms in total. The van der Waals surface area contributed by atoms with Gasteiger partial charge in [-0.3, -0.25) is 4.79 Å². The maximum absolute atomic E-state index is 11.0. The Bertz CT molecular complexity index is 202. The third-order valence-electron chi connectivity index (χ3n) is 1.08. The standard InChI is InChI=1S/C6H6ClNOS/c1-2-3-4-5(9)6(7)10-8-4/h2,6H,1,3H2. The van der Waals surface area contributed by atoms with Crippen LogP contribution in [0.4, 0.5) is 0 Å². The van der Waals surface area contributed by atoms with Gasteiger partial charge in [-0.15, -0.1) is 18.2 Å². The molecule has 0 saturated carbocycles. The summed E-state index contributed by atoms with van der Waals surface area (Å²) in [5.41, 5.74) is 0.528. The van der Waals surface area contributed by atoms with Crippen LogP contribution in [0, 0.1) is 0 Å². The number of halogens is 1. The number of alkyl halides is 1. The Balaban J connectivity index is 2.62. The highest BCUT2D eigenvalue weighted by molar-refractivity contribution is 8.01. The third-order valence-corrected chi connectivity index (χ3v) is 2.25. The molecule has 4 heteroatoms. The van der Waals surface area contributed by atoms with Crippen molar-refractivity contribution in [1.29, 1.82) is 0 Å². The molecule has 0 spiro atoms. The van der Waals surface area contributed by atoms with Crippen LogP contribution in [0.2, 0.25) is 0 Å². The van der Waals surface area contributed by atoms with E-state index in [0.29, 0.717) is 12.1 Å². The molecule has 0 bridgehead atoms. The quantitative estimate of drug-likeness (QED) is 0.364. The largest absolute Gasteiger partial charge is 0.290 e. The summed E-state index contributed by atoms with van der Waals surface area (Å²) < 4.78 is 3.36. The minimum Gasteiger partial charge on any atom is -0.290 e. The van der Waals surface area contributed by atoms with E-state index in [-0.39, 0.29) is 5.78 Å². The van der Waals surface area contributed by atoms with Crippen molar-refractivity contribution < 1.29 is 4.79 Å². The van der Waals surface area contributed by atoms with Crippen molar-refractivity contribution in [3.63, 3.8) is 0 Å².